The molecule has 0 aliphatic rings. The van der Waals surface area contributed by atoms with Crippen LogP contribution in [0.25, 0.3) is 0 Å². The first-order valence-electron chi connectivity index (χ1n) is 7.07. The first-order chi connectivity index (χ1) is 11.0. The Kier molecular flexibility index (Phi) is 4.50. The molecule has 1 aromatic carbocycles. The van der Waals surface area contributed by atoms with Gasteiger partial charge in [-0.1, -0.05) is 32.9 Å². The van der Waals surface area contributed by atoms with E-state index in [1.165, 1.54) is 0 Å². The summed E-state index contributed by atoms with van der Waals surface area (Å²) in [6.45, 7) is 6.01. The summed E-state index contributed by atoms with van der Waals surface area (Å²) in [5.41, 5.74) is -0.550. The predicted octanol–water partition coefficient (Wildman–Crippen LogP) is 5.05. The van der Waals surface area contributed by atoms with Crippen LogP contribution in [0.5, 0.6) is 0 Å². The molecule has 0 aliphatic carbocycles. The van der Waals surface area contributed by atoms with Crippen molar-refractivity contribution in [3.63, 3.8) is 0 Å². The molecule has 8 heteroatoms. The van der Waals surface area contributed by atoms with Crippen molar-refractivity contribution in [2.45, 2.75) is 32.4 Å². The molecule has 0 bridgehead atoms. The summed E-state index contributed by atoms with van der Waals surface area (Å²) in [6, 6.07) is 7.59. The molecule has 5 nitrogen and oxygen atoms in total. The molecule has 2 aromatic rings. The van der Waals surface area contributed by atoms with Gasteiger partial charge in [-0.25, -0.2) is 4.98 Å². The third kappa shape index (κ3) is 4.01. The molecule has 1 N–H and O–H groups in total. The fourth-order valence-corrected chi connectivity index (χ4v) is 2.04. The van der Waals surface area contributed by atoms with E-state index in [2.05, 4.69) is 10.3 Å². The summed E-state index contributed by atoms with van der Waals surface area (Å²) in [5.74, 6) is -0.237. The number of nitro groups is 1. The van der Waals surface area contributed by atoms with E-state index in [0.717, 1.165) is 5.56 Å². The number of aromatic nitrogens is 1. The first kappa shape index (κ1) is 17.7. The highest BCUT2D eigenvalue weighted by Gasteiger charge is 2.34. The van der Waals surface area contributed by atoms with Crippen molar-refractivity contribution in [2.24, 2.45) is 0 Å². The molecule has 1 heterocycles. The number of halogens is 3. The van der Waals surface area contributed by atoms with Crippen molar-refractivity contribution in [3.05, 3.63) is 57.8 Å². The number of pyridine rings is 1. The highest BCUT2D eigenvalue weighted by Crippen LogP contribution is 2.35. The molecule has 128 valence electrons. The second-order valence-electron chi connectivity index (χ2n) is 6.30. The van der Waals surface area contributed by atoms with Crippen LogP contribution in [0.15, 0.2) is 36.5 Å². The van der Waals surface area contributed by atoms with Crippen LogP contribution < -0.4 is 5.32 Å². The second-order valence-corrected chi connectivity index (χ2v) is 6.30. The van der Waals surface area contributed by atoms with Crippen molar-refractivity contribution in [3.8, 4) is 0 Å². The van der Waals surface area contributed by atoms with E-state index in [-0.39, 0.29) is 11.2 Å². The Hall–Kier alpha value is -2.64. The molecule has 0 saturated heterocycles. The van der Waals surface area contributed by atoms with Gasteiger partial charge < -0.3 is 5.32 Å². The maximum Gasteiger partial charge on any atom is 0.418 e. The highest BCUT2D eigenvalue weighted by atomic mass is 19.4. The molecule has 0 amide bonds. The minimum atomic E-state index is -4.69. The van der Waals surface area contributed by atoms with Gasteiger partial charge in [0.15, 0.2) is 0 Å². The van der Waals surface area contributed by atoms with E-state index in [1.54, 1.807) is 18.2 Å². The van der Waals surface area contributed by atoms with Crippen molar-refractivity contribution in [2.75, 3.05) is 5.32 Å². The van der Waals surface area contributed by atoms with E-state index in [1.807, 2.05) is 26.8 Å². The van der Waals surface area contributed by atoms with Gasteiger partial charge in [0.2, 0.25) is 5.82 Å². The Bertz CT molecular complexity index is 768. The predicted molar refractivity (Wildman–Crippen MR) is 84.3 cm³/mol. The zero-order valence-electron chi connectivity index (χ0n) is 13.3. The van der Waals surface area contributed by atoms with Crippen LogP contribution in [-0.2, 0) is 11.6 Å². The Labute approximate surface area is 136 Å². The zero-order valence-corrected chi connectivity index (χ0v) is 13.3. The maximum atomic E-state index is 12.7. The lowest BCUT2D eigenvalue weighted by atomic mass is 9.87. The number of rotatable bonds is 3. The lowest BCUT2D eigenvalue weighted by Gasteiger charge is -2.20. The lowest BCUT2D eigenvalue weighted by Crippen LogP contribution is -2.11. The molecule has 1 aromatic heterocycles. The number of hydrogen-bond acceptors (Lipinski definition) is 4. The molecule has 0 saturated carbocycles. The minimum Gasteiger partial charge on any atom is -0.334 e. The van der Waals surface area contributed by atoms with E-state index in [0.29, 0.717) is 18.0 Å². The molecule has 2 rings (SSSR count). The zero-order chi connectivity index (χ0) is 18.1. The average molecular weight is 339 g/mol. The van der Waals surface area contributed by atoms with Gasteiger partial charge in [-0.2, -0.15) is 13.2 Å². The van der Waals surface area contributed by atoms with Crippen LogP contribution in [0.4, 0.5) is 30.4 Å². The summed E-state index contributed by atoms with van der Waals surface area (Å²) in [6.07, 6.45) is -4.12. The largest absolute Gasteiger partial charge is 0.418 e. The normalized spacial score (nSPS) is 12.1. The Morgan fingerprint density at radius 2 is 1.79 bits per heavy atom. The van der Waals surface area contributed by atoms with Crippen LogP contribution in [0.3, 0.4) is 0 Å². The number of alkyl halides is 3. The van der Waals surface area contributed by atoms with Crippen molar-refractivity contribution >= 4 is 17.2 Å². The van der Waals surface area contributed by atoms with Gasteiger partial charge in [0, 0.05) is 18.0 Å². The van der Waals surface area contributed by atoms with Crippen molar-refractivity contribution in [1.29, 1.82) is 0 Å². The van der Waals surface area contributed by atoms with Crippen LogP contribution in [0, 0.1) is 10.1 Å². The minimum absolute atomic E-state index is 0.142. The van der Waals surface area contributed by atoms with E-state index >= 15 is 0 Å². The van der Waals surface area contributed by atoms with Gasteiger partial charge in [-0.05, 0) is 23.1 Å². The smallest absolute Gasteiger partial charge is 0.334 e. The van der Waals surface area contributed by atoms with E-state index in [9.17, 15) is 23.3 Å². The summed E-state index contributed by atoms with van der Waals surface area (Å²) >= 11 is 0. The maximum absolute atomic E-state index is 12.7. The van der Waals surface area contributed by atoms with Crippen LogP contribution in [-0.4, -0.2) is 9.91 Å². The molecule has 0 fully saturated rings. The van der Waals surface area contributed by atoms with Gasteiger partial charge in [0.05, 0.1) is 10.5 Å². The molecule has 24 heavy (non-hydrogen) atoms. The summed E-state index contributed by atoms with van der Waals surface area (Å²) in [7, 11) is 0. The van der Waals surface area contributed by atoms with E-state index in [4.69, 9.17) is 0 Å². The van der Waals surface area contributed by atoms with Crippen molar-refractivity contribution < 1.29 is 18.1 Å². The Morgan fingerprint density at radius 1 is 1.12 bits per heavy atom. The Balaban J connectivity index is 2.41. The highest BCUT2D eigenvalue weighted by molar-refractivity contribution is 5.66. The average Bonchev–Trinajstić information content (AvgIpc) is 2.45. The quantitative estimate of drug-likeness (QED) is 0.627. The number of benzene rings is 1. The van der Waals surface area contributed by atoms with Gasteiger partial charge in [-0.15, -0.1) is 0 Å². The molecular weight excluding hydrogens is 323 g/mol. The lowest BCUT2D eigenvalue weighted by molar-refractivity contribution is -0.384. The second kappa shape index (κ2) is 6.10. The fourth-order valence-electron chi connectivity index (χ4n) is 2.04. The van der Waals surface area contributed by atoms with E-state index < -0.39 is 22.4 Å². The van der Waals surface area contributed by atoms with Crippen LogP contribution >= 0.6 is 0 Å². The van der Waals surface area contributed by atoms with Crippen LogP contribution in [0.2, 0.25) is 0 Å². The summed E-state index contributed by atoms with van der Waals surface area (Å²) < 4.78 is 38.1. The van der Waals surface area contributed by atoms with Gasteiger partial charge in [0.25, 0.3) is 0 Å². The molecule has 0 unspecified atom stereocenters. The molecular formula is C16H16F3N3O2. The fraction of sp³-hybridized carbons (Fsp3) is 0.312. The number of nitrogens with one attached hydrogen (secondary N) is 1. The third-order valence-electron chi connectivity index (χ3n) is 3.38. The molecule has 0 atom stereocenters. The standard InChI is InChI=1S/C16H16F3N3O2/c1-15(2,3)10-5-4-6-12(7-10)21-14-13(22(23)24)8-11(9-20-14)16(17,18)19/h4-9H,1-3H3,(H,20,21). The molecule has 0 aliphatic heterocycles. The van der Waals surface area contributed by atoms with Gasteiger partial charge in [0.1, 0.15) is 0 Å². The number of nitrogens with zero attached hydrogens (tertiary/aromatic N) is 2. The summed E-state index contributed by atoms with van der Waals surface area (Å²) in [4.78, 5) is 13.8. The summed E-state index contributed by atoms with van der Waals surface area (Å²) in [5, 5.41) is 13.8. The van der Waals surface area contributed by atoms with Crippen molar-refractivity contribution in [1.82, 2.24) is 4.98 Å². The third-order valence-corrected chi connectivity index (χ3v) is 3.38. The van der Waals surface area contributed by atoms with Gasteiger partial charge in [-0.3, -0.25) is 10.1 Å². The monoisotopic (exact) mass is 339 g/mol. The topological polar surface area (TPSA) is 68.1 Å². The molecule has 0 radical (unpaired) electrons. The number of anilines is 2. The SMILES string of the molecule is CC(C)(C)c1cccc(Nc2ncc(C(F)(F)F)cc2[N+](=O)[O-])c1. The van der Waals surface area contributed by atoms with Crippen LogP contribution in [0.1, 0.15) is 31.9 Å². The number of hydrogen-bond donors (Lipinski definition) is 1. The molecule has 0 spiro atoms. The van der Waals surface area contributed by atoms with Gasteiger partial charge >= 0.3 is 11.9 Å². The first-order valence-corrected chi connectivity index (χ1v) is 7.07. The Morgan fingerprint density at radius 3 is 2.33 bits per heavy atom.